The highest BCUT2D eigenvalue weighted by atomic mass is 32.2. The van der Waals surface area contributed by atoms with Crippen molar-refractivity contribution >= 4 is 39.3 Å². The van der Waals surface area contributed by atoms with Crippen molar-refractivity contribution in [3.63, 3.8) is 0 Å². The van der Waals surface area contributed by atoms with Crippen LogP contribution in [0, 0.1) is 17.2 Å². The normalized spacial score (nSPS) is 15.3. The Morgan fingerprint density at radius 1 is 1.36 bits per heavy atom. The van der Waals surface area contributed by atoms with Gasteiger partial charge in [-0.15, -0.1) is 11.8 Å². The molecule has 0 aliphatic heterocycles. The molecular weight excluding hydrogens is 230 g/mol. The third kappa shape index (κ3) is 4.68. The lowest BCUT2D eigenvalue weighted by molar-refractivity contribution is 0.560. The quantitative estimate of drug-likeness (QED) is 0.701. The molecule has 80 valence electrons. The molecule has 0 N–H and O–H groups in total. The van der Waals surface area contributed by atoms with E-state index in [-0.39, 0.29) is 4.75 Å². The average Bonchev–Trinajstić information content (AvgIpc) is 2.01. The van der Waals surface area contributed by atoms with Crippen molar-refractivity contribution < 1.29 is 0 Å². The minimum atomic E-state index is -0.390. The van der Waals surface area contributed by atoms with Crippen molar-refractivity contribution in [3.05, 3.63) is 0 Å². The second-order valence-corrected chi connectivity index (χ2v) is 8.12. The van der Waals surface area contributed by atoms with Crippen LogP contribution in [-0.4, -0.2) is 13.5 Å². The van der Waals surface area contributed by atoms with Crippen LogP contribution in [0.4, 0.5) is 0 Å². The van der Waals surface area contributed by atoms with Gasteiger partial charge in [-0.05, 0) is 12.8 Å². The molecule has 0 aliphatic carbocycles. The van der Waals surface area contributed by atoms with Gasteiger partial charge in [-0.3, -0.25) is 0 Å². The first-order valence-corrected chi connectivity index (χ1v) is 6.73. The molecule has 14 heavy (non-hydrogen) atoms. The van der Waals surface area contributed by atoms with Crippen LogP contribution in [0.1, 0.15) is 34.6 Å². The molecule has 1 atom stereocenters. The molecule has 1 nitrogen and oxygen atoms in total. The largest absolute Gasteiger partial charge is 0.197 e. The van der Waals surface area contributed by atoms with Gasteiger partial charge in [0, 0.05) is 5.25 Å². The molecule has 0 aromatic heterocycles. The fourth-order valence-corrected chi connectivity index (χ4v) is 4.06. The Kier molecular flexibility index (Phi) is 6.11. The molecule has 4 heteroatoms. The fourth-order valence-electron chi connectivity index (χ4n) is 0.659. The zero-order valence-electron chi connectivity index (χ0n) is 9.33. The summed E-state index contributed by atoms with van der Waals surface area (Å²) in [6.45, 7) is 10.3. The predicted molar refractivity (Wildman–Crippen MR) is 71.8 cm³/mol. The fraction of sp³-hybridized carbons (Fsp3) is 0.800. The van der Waals surface area contributed by atoms with E-state index in [2.05, 4.69) is 33.8 Å². The summed E-state index contributed by atoms with van der Waals surface area (Å²) >= 11 is 8.41. The molecule has 1 unspecified atom stereocenters. The third-order valence-corrected chi connectivity index (χ3v) is 4.85. The molecule has 0 aromatic rings. The van der Waals surface area contributed by atoms with Crippen LogP contribution in [0.25, 0.3) is 0 Å². The first-order chi connectivity index (χ1) is 6.31. The van der Waals surface area contributed by atoms with E-state index < -0.39 is 0 Å². The molecular formula is C10H17NS3. The maximum Gasteiger partial charge on any atom is 0.108 e. The number of hydrogen-bond acceptors (Lipinski definition) is 4. The highest BCUT2D eigenvalue weighted by Gasteiger charge is 2.30. The van der Waals surface area contributed by atoms with Crippen molar-refractivity contribution in [2.75, 3.05) is 0 Å². The Hall–Kier alpha value is 0.280. The van der Waals surface area contributed by atoms with Crippen molar-refractivity contribution in [2.24, 2.45) is 5.92 Å². The number of thiocarbonyl (C=S) groups is 1. The molecule has 0 saturated carbocycles. The van der Waals surface area contributed by atoms with E-state index in [0.717, 1.165) is 3.53 Å². The summed E-state index contributed by atoms with van der Waals surface area (Å²) in [5.74, 6) is 0.309. The van der Waals surface area contributed by atoms with Gasteiger partial charge in [-0.1, -0.05) is 51.7 Å². The Morgan fingerprint density at radius 2 is 1.86 bits per heavy atom. The number of rotatable bonds is 3. The molecule has 0 aromatic carbocycles. The van der Waals surface area contributed by atoms with Crippen LogP contribution in [0.5, 0.6) is 0 Å². The van der Waals surface area contributed by atoms with Crippen molar-refractivity contribution in [3.8, 4) is 6.07 Å². The number of nitriles is 1. The van der Waals surface area contributed by atoms with Gasteiger partial charge >= 0.3 is 0 Å². The SMILES string of the molecule is CC(C)SC(=S)SC(C)(C#N)C(C)C. The summed E-state index contributed by atoms with van der Waals surface area (Å²) < 4.78 is 0.483. The average molecular weight is 247 g/mol. The maximum atomic E-state index is 9.10. The van der Waals surface area contributed by atoms with Crippen LogP contribution in [0.15, 0.2) is 0 Å². The second-order valence-electron chi connectivity index (χ2n) is 3.89. The van der Waals surface area contributed by atoms with Gasteiger partial charge in [0.1, 0.15) is 8.28 Å². The summed E-state index contributed by atoms with van der Waals surface area (Å²) in [6.07, 6.45) is 0. The first kappa shape index (κ1) is 14.3. The van der Waals surface area contributed by atoms with Gasteiger partial charge in [0.25, 0.3) is 0 Å². The molecule has 0 radical (unpaired) electrons. The predicted octanol–water partition coefficient (Wildman–Crippen LogP) is 4.08. The molecule has 0 spiro atoms. The van der Waals surface area contributed by atoms with Crippen molar-refractivity contribution in [2.45, 2.75) is 44.6 Å². The van der Waals surface area contributed by atoms with Gasteiger partial charge in [-0.25, -0.2) is 0 Å². The standard InChI is InChI=1S/C10H17NS3/c1-7(2)10(5,6-11)14-9(12)13-8(3)4/h7-8H,1-5H3. The van der Waals surface area contributed by atoms with Crippen molar-refractivity contribution in [1.82, 2.24) is 0 Å². The third-order valence-electron chi connectivity index (χ3n) is 1.95. The number of hydrogen-bond donors (Lipinski definition) is 0. The summed E-state index contributed by atoms with van der Waals surface area (Å²) in [5.41, 5.74) is 0. The van der Waals surface area contributed by atoms with E-state index >= 15 is 0 Å². The number of thioether (sulfide) groups is 2. The topological polar surface area (TPSA) is 23.8 Å². The van der Waals surface area contributed by atoms with Crippen molar-refractivity contribution in [1.29, 1.82) is 5.26 Å². The molecule has 0 bridgehead atoms. The summed E-state index contributed by atoms with van der Waals surface area (Å²) in [7, 11) is 0. The van der Waals surface area contributed by atoms with E-state index in [4.69, 9.17) is 17.5 Å². The summed E-state index contributed by atoms with van der Waals surface area (Å²) in [5, 5.41) is 9.59. The smallest absolute Gasteiger partial charge is 0.108 e. The zero-order valence-corrected chi connectivity index (χ0v) is 11.8. The van der Waals surface area contributed by atoms with Crippen LogP contribution < -0.4 is 0 Å². The number of nitrogens with zero attached hydrogens (tertiary/aromatic N) is 1. The molecule has 0 aliphatic rings. The highest BCUT2D eigenvalue weighted by Crippen LogP contribution is 2.37. The maximum absolute atomic E-state index is 9.10. The van der Waals surface area contributed by atoms with E-state index in [0.29, 0.717) is 11.2 Å². The van der Waals surface area contributed by atoms with Crippen LogP contribution in [-0.2, 0) is 0 Å². The van der Waals surface area contributed by atoms with E-state index in [1.807, 2.05) is 6.92 Å². The Labute approximate surface area is 101 Å². The Bertz CT molecular complexity index is 242. The lowest BCUT2D eigenvalue weighted by Gasteiger charge is -2.25. The second kappa shape index (κ2) is 5.99. The molecule has 0 heterocycles. The zero-order chi connectivity index (χ0) is 11.4. The van der Waals surface area contributed by atoms with Crippen LogP contribution in [0.2, 0.25) is 0 Å². The van der Waals surface area contributed by atoms with Crippen LogP contribution in [0.3, 0.4) is 0 Å². The molecule has 0 amide bonds. The summed E-state index contributed by atoms with van der Waals surface area (Å²) in [4.78, 5) is 0. The van der Waals surface area contributed by atoms with Gasteiger partial charge < -0.3 is 0 Å². The summed E-state index contributed by atoms with van der Waals surface area (Å²) in [6, 6.07) is 2.34. The Morgan fingerprint density at radius 3 is 2.14 bits per heavy atom. The van der Waals surface area contributed by atoms with Crippen LogP contribution >= 0.6 is 35.7 Å². The highest BCUT2D eigenvalue weighted by molar-refractivity contribution is 8.47. The molecule has 0 fully saturated rings. The monoisotopic (exact) mass is 247 g/mol. The van der Waals surface area contributed by atoms with Gasteiger partial charge in [0.2, 0.25) is 0 Å². The molecule has 0 saturated heterocycles. The van der Waals surface area contributed by atoms with E-state index in [1.165, 1.54) is 11.8 Å². The minimum absolute atomic E-state index is 0.309. The van der Waals surface area contributed by atoms with E-state index in [9.17, 15) is 0 Å². The van der Waals surface area contributed by atoms with Gasteiger partial charge in [0.15, 0.2) is 0 Å². The lowest BCUT2D eigenvalue weighted by atomic mass is 9.99. The van der Waals surface area contributed by atoms with E-state index in [1.54, 1.807) is 11.8 Å². The minimum Gasteiger partial charge on any atom is -0.197 e. The molecule has 0 rings (SSSR count). The van der Waals surface area contributed by atoms with Gasteiger partial charge in [0.05, 0.1) is 6.07 Å². The lowest BCUT2D eigenvalue weighted by Crippen LogP contribution is -2.26. The van der Waals surface area contributed by atoms with Gasteiger partial charge in [-0.2, -0.15) is 5.26 Å². The Balaban J connectivity index is 4.35. The first-order valence-electron chi connectivity index (χ1n) is 4.62.